The van der Waals surface area contributed by atoms with E-state index in [4.69, 9.17) is 0 Å². The lowest BCUT2D eigenvalue weighted by Gasteiger charge is -2.26. The van der Waals surface area contributed by atoms with Gasteiger partial charge in [0, 0.05) is 36.7 Å². The molecule has 1 N–H and O–H groups in total. The summed E-state index contributed by atoms with van der Waals surface area (Å²) in [6.45, 7) is 1.37. The van der Waals surface area contributed by atoms with Crippen molar-refractivity contribution < 1.29 is 17.6 Å². The number of halogens is 1. The van der Waals surface area contributed by atoms with Gasteiger partial charge in [0.1, 0.15) is 5.82 Å². The highest BCUT2D eigenvalue weighted by Crippen LogP contribution is 2.22. The average molecular weight is 437 g/mol. The van der Waals surface area contributed by atoms with E-state index >= 15 is 0 Å². The largest absolute Gasteiger partial charge is 0.352 e. The molecule has 1 amide bonds. The highest BCUT2D eigenvalue weighted by Gasteiger charge is 2.25. The zero-order chi connectivity index (χ0) is 20.7. The van der Waals surface area contributed by atoms with E-state index in [1.54, 1.807) is 42.5 Å². The molecule has 0 saturated carbocycles. The van der Waals surface area contributed by atoms with Gasteiger partial charge in [-0.3, -0.25) is 4.79 Å². The van der Waals surface area contributed by atoms with Gasteiger partial charge in [-0.15, -0.1) is 11.8 Å². The van der Waals surface area contributed by atoms with Gasteiger partial charge in [-0.2, -0.15) is 4.31 Å². The molecule has 3 rings (SSSR count). The number of hydrogen-bond donors (Lipinski definition) is 1. The Hall–Kier alpha value is -1.90. The predicted molar refractivity (Wildman–Crippen MR) is 113 cm³/mol. The highest BCUT2D eigenvalue weighted by molar-refractivity contribution is 7.99. The molecule has 0 radical (unpaired) electrons. The van der Waals surface area contributed by atoms with Crippen LogP contribution in [-0.2, 0) is 21.4 Å². The minimum Gasteiger partial charge on any atom is -0.352 e. The van der Waals surface area contributed by atoms with E-state index in [0.29, 0.717) is 23.7 Å². The second-order valence-corrected chi connectivity index (χ2v) is 9.99. The first kappa shape index (κ1) is 21.8. The lowest BCUT2D eigenvalue weighted by atomic mass is 10.2. The highest BCUT2D eigenvalue weighted by atomic mass is 32.2. The first-order chi connectivity index (χ1) is 14.0. The molecule has 0 aromatic heterocycles. The molecule has 1 saturated heterocycles. The second-order valence-electron chi connectivity index (χ2n) is 6.92. The van der Waals surface area contributed by atoms with Crippen molar-refractivity contribution in [2.24, 2.45) is 0 Å². The summed E-state index contributed by atoms with van der Waals surface area (Å²) in [6, 6.07) is 13.2. The van der Waals surface area contributed by atoms with Crippen molar-refractivity contribution >= 4 is 27.7 Å². The van der Waals surface area contributed by atoms with Crippen LogP contribution in [0.1, 0.15) is 31.2 Å². The Balaban J connectivity index is 1.51. The second kappa shape index (κ2) is 10.2. The molecule has 0 aliphatic carbocycles. The minimum absolute atomic E-state index is 0.155. The maximum absolute atomic E-state index is 13.6. The molecule has 0 bridgehead atoms. The van der Waals surface area contributed by atoms with E-state index in [0.717, 1.165) is 24.8 Å². The SMILES string of the molecule is O=C(CCSc1ccccc1F)NCc1cccc(S(=O)(=O)N2CCCCC2)c1. The Labute approximate surface area is 175 Å². The topological polar surface area (TPSA) is 66.5 Å². The van der Waals surface area contributed by atoms with Gasteiger partial charge in [0.15, 0.2) is 0 Å². The van der Waals surface area contributed by atoms with Gasteiger partial charge in [-0.1, -0.05) is 30.7 Å². The number of nitrogens with one attached hydrogen (secondary N) is 1. The standard InChI is InChI=1S/C21H25FN2O3S2/c22-19-9-2-3-10-20(19)28-14-11-21(25)23-16-17-7-6-8-18(15-17)29(26,27)24-12-4-1-5-13-24/h2-3,6-10,15H,1,4-5,11-14,16H2,(H,23,25). The summed E-state index contributed by atoms with van der Waals surface area (Å²) < 4.78 is 40.7. The lowest BCUT2D eigenvalue weighted by molar-refractivity contribution is -0.120. The molecule has 1 aliphatic heterocycles. The molecule has 1 aliphatic rings. The molecular weight excluding hydrogens is 411 g/mol. The monoisotopic (exact) mass is 436 g/mol. The number of hydrogen-bond acceptors (Lipinski definition) is 4. The summed E-state index contributed by atoms with van der Waals surface area (Å²) in [5, 5.41) is 2.80. The first-order valence-corrected chi connectivity index (χ1v) is 12.1. The molecule has 1 fully saturated rings. The smallest absolute Gasteiger partial charge is 0.243 e. The van der Waals surface area contributed by atoms with Crippen LogP contribution < -0.4 is 5.32 Å². The summed E-state index contributed by atoms with van der Waals surface area (Å²) >= 11 is 1.30. The molecule has 5 nitrogen and oxygen atoms in total. The number of piperidine rings is 1. The van der Waals surface area contributed by atoms with Crippen LogP contribution in [0.25, 0.3) is 0 Å². The Morgan fingerprint density at radius 2 is 1.83 bits per heavy atom. The normalized spacial score (nSPS) is 15.2. The van der Waals surface area contributed by atoms with Gasteiger partial charge >= 0.3 is 0 Å². The summed E-state index contributed by atoms with van der Waals surface area (Å²) in [6.07, 6.45) is 3.10. The molecule has 0 spiro atoms. The zero-order valence-electron chi connectivity index (χ0n) is 16.1. The Morgan fingerprint density at radius 3 is 2.59 bits per heavy atom. The maximum atomic E-state index is 13.6. The molecule has 0 atom stereocenters. The van der Waals surface area contributed by atoms with Gasteiger partial charge in [-0.05, 0) is 42.7 Å². The third-order valence-electron chi connectivity index (χ3n) is 4.76. The number of benzene rings is 2. The Morgan fingerprint density at radius 1 is 1.07 bits per heavy atom. The van der Waals surface area contributed by atoms with Gasteiger partial charge < -0.3 is 5.32 Å². The average Bonchev–Trinajstić information content (AvgIpc) is 2.74. The molecule has 1 heterocycles. The Bertz CT molecular complexity index is 944. The molecule has 156 valence electrons. The van der Waals surface area contributed by atoms with E-state index in [1.807, 2.05) is 0 Å². The quantitative estimate of drug-likeness (QED) is 0.639. The fourth-order valence-electron chi connectivity index (χ4n) is 3.17. The van der Waals surface area contributed by atoms with Crippen molar-refractivity contribution in [1.82, 2.24) is 9.62 Å². The number of carbonyl (C=O) groups is 1. The third kappa shape index (κ3) is 6.04. The van der Waals surface area contributed by atoms with Gasteiger partial charge in [0.05, 0.1) is 4.90 Å². The van der Waals surface area contributed by atoms with E-state index < -0.39 is 10.0 Å². The predicted octanol–water partition coefficient (Wildman–Crippen LogP) is 3.80. The van der Waals surface area contributed by atoms with Crippen molar-refractivity contribution in [1.29, 1.82) is 0 Å². The molecule has 0 unspecified atom stereocenters. The van der Waals surface area contributed by atoms with Crippen molar-refractivity contribution in [2.45, 2.75) is 42.0 Å². The molecule has 8 heteroatoms. The van der Waals surface area contributed by atoms with Crippen LogP contribution in [0.15, 0.2) is 58.3 Å². The van der Waals surface area contributed by atoms with Crippen molar-refractivity contribution in [2.75, 3.05) is 18.8 Å². The molecule has 2 aromatic carbocycles. The minimum atomic E-state index is -3.49. The number of nitrogens with zero attached hydrogens (tertiary/aromatic N) is 1. The number of carbonyl (C=O) groups excluding carboxylic acids is 1. The van der Waals surface area contributed by atoms with Crippen LogP contribution in [0.4, 0.5) is 4.39 Å². The number of amides is 1. The number of sulfonamides is 1. The van der Waals surface area contributed by atoms with Crippen molar-refractivity contribution in [3.63, 3.8) is 0 Å². The van der Waals surface area contributed by atoms with Crippen LogP contribution in [0.5, 0.6) is 0 Å². The first-order valence-electron chi connectivity index (χ1n) is 9.70. The summed E-state index contributed by atoms with van der Waals surface area (Å²) in [5.74, 6) is 0.0265. The summed E-state index contributed by atoms with van der Waals surface area (Å²) in [7, 11) is -3.49. The fourth-order valence-corrected chi connectivity index (χ4v) is 5.65. The summed E-state index contributed by atoms with van der Waals surface area (Å²) in [5.41, 5.74) is 0.734. The number of thioether (sulfide) groups is 1. The maximum Gasteiger partial charge on any atom is 0.243 e. The van der Waals surface area contributed by atoms with Gasteiger partial charge in [0.25, 0.3) is 0 Å². The van der Waals surface area contributed by atoms with E-state index in [-0.39, 0.29) is 29.6 Å². The van der Waals surface area contributed by atoms with Crippen molar-refractivity contribution in [3.05, 3.63) is 59.9 Å². The molecular formula is C21H25FN2O3S2. The van der Waals surface area contributed by atoms with E-state index in [1.165, 1.54) is 22.1 Å². The molecule has 2 aromatic rings. The number of rotatable bonds is 8. The Kier molecular flexibility index (Phi) is 7.69. The van der Waals surface area contributed by atoms with Gasteiger partial charge in [-0.25, -0.2) is 12.8 Å². The van der Waals surface area contributed by atoms with Crippen LogP contribution in [0, 0.1) is 5.82 Å². The van der Waals surface area contributed by atoms with E-state index in [2.05, 4.69) is 5.32 Å². The van der Waals surface area contributed by atoms with Crippen LogP contribution in [0.3, 0.4) is 0 Å². The fraction of sp³-hybridized carbons (Fsp3) is 0.381. The van der Waals surface area contributed by atoms with Gasteiger partial charge in [0.2, 0.25) is 15.9 Å². The molecule has 29 heavy (non-hydrogen) atoms. The van der Waals surface area contributed by atoms with Crippen molar-refractivity contribution in [3.8, 4) is 0 Å². The zero-order valence-corrected chi connectivity index (χ0v) is 17.8. The van der Waals surface area contributed by atoms with E-state index in [9.17, 15) is 17.6 Å². The van der Waals surface area contributed by atoms with Crippen LogP contribution in [-0.4, -0.2) is 37.5 Å². The van der Waals surface area contributed by atoms with Crippen LogP contribution >= 0.6 is 11.8 Å². The summed E-state index contributed by atoms with van der Waals surface area (Å²) in [4.78, 5) is 12.9. The van der Waals surface area contributed by atoms with Crippen LogP contribution in [0.2, 0.25) is 0 Å². The third-order valence-corrected chi connectivity index (χ3v) is 7.71. The lowest BCUT2D eigenvalue weighted by Crippen LogP contribution is -2.35.